The summed E-state index contributed by atoms with van der Waals surface area (Å²) in [6.07, 6.45) is -0.203. The summed E-state index contributed by atoms with van der Waals surface area (Å²) in [4.78, 5) is 11.4. The van der Waals surface area contributed by atoms with Crippen molar-refractivity contribution in [2.75, 3.05) is 19.8 Å². The monoisotopic (exact) mass is 267 g/mol. The van der Waals surface area contributed by atoms with Crippen LogP contribution < -0.4 is 5.73 Å². The molecule has 19 heavy (non-hydrogen) atoms. The lowest BCUT2D eigenvalue weighted by atomic mass is 9.92. The standard InChI is InChI=1S/C14H21NO4/c1-3-18-9-11(2)19-10-14(15,13(16)17)12-7-5-4-6-8-12/h4-8,11H,3,9-10,15H2,1-2H3,(H,16,17). The first-order chi connectivity index (χ1) is 9.00. The molecule has 0 spiro atoms. The first-order valence-corrected chi connectivity index (χ1v) is 6.28. The zero-order valence-corrected chi connectivity index (χ0v) is 11.3. The second-order valence-corrected chi connectivity index (χ2v) is 4.42. The number of nitrogens with two attached hydrogens (primary N) is 1. The molecule has 0 saturated carbocycles. The number of rotatable bonds is 8. The minimum Gasteiger partial charge on any atom is -0.480 e. The van der Waals surface area contributed by atoms with Crippen molar-refractivity contribution in [1.29, 1.82) is 0 Å². The highest BCUT2D eigenvalue weighted by Gasteiger charge is 2.36. The number of carboxylic acid groups (broad SMARTS) is 1. The number of benzene rings is 1. The lowest BCUT2D eigenvalue weighted by molar-refractivity contribution is -0.148. The third-order valence-electron chi connectivity index (χ3n) is 2.82. The van der Waals surface area contributed by atoms with Crippen LogP contribution in [-0.4, -0.2) is 37.0 Å². The van der Waals surface area contributed by atoms with Gasteiger partial charge in [0.1, 0.15) is 0 Å². The van der Waals surface area contributed by atoms with Crippen LogP contribution >= 0.6 is 0 Å². The van der Waals surface area contributed by atoms with E-state index in [0.29, 0.717) is 18.8 Å². The molecule has 0 saturated heterocycles. The maximum atomic E-state index is 11.4. The smallest absolute Gasteiger partial charge is 0.330 e. The van der Waals surface area contributed by atoms with Gasteiger partial charge < -0.3 is 20.3 Å². The van der Waals surface area contributed by atoms with E-state index in [1.807, 2.05) is 19.9 Å². The van der Waals surface area contributed by atoms with E-state index in [4.69, 9.17) is 15.2 Å². The molecule has 0 aliphatic heterocycles. The molecule has 0 amide bonds. The number of aliphatic carboxylic acids is 1. The van der Waals surface area contributed by atoms with Gasteiger partial charge in [0.2, 0.25) is 0 Å². The van der Waals surface area contributed by atoms with Gasteiger partial charge in [-0.25, -0.2) is 4.79 Å². The lowest BCUT2D eigenvalue weighted by Gasteiger charge is -2.26. The summed E-state index contributed by atoms with van der Waals surface area (Å²) in [5, 5.41) is 9.34. The van der Waals surface area contributed by atoms with Crippen LogP contribution in [0, 0.1) is 0 Å². The van der Waals surface area contributed by atoms with E-state index < -0.39 is 11.5 Å². The summed E-state index contributed by atoms with van der Waals surface area (Å²) < 4.78 is 10.7. The van der Waals surface area contributed by atoms with Crippen LogP contribution in [-0.2, 0) is 19.8 Å². The highest BCUT2D eigenvalue weighted by Crippen LogP contribution is 2.19. The minimum absolute atomic E-state index is 0.0966. The Hall–Kier alpha value is -1.43. The SMILES string of the molecule is CCOCC(C)OCC(N)(C(=O)O)c1ccccc1. The fourth-order valence-electron chi connectivity index (χ4n) is 1.61. The summed E-state index contributed by atoms with van der Waals surface area (Å²) in [5.74, 6) is -1.11. The first kappa shape index (κ1) is 15.6. The van der Waals surface area contributed by atoms with E-state index in [2.05, 4.69) is 0 Å². The van der Waals surface area contributed by atoms with Gasteiger partial charge in [0.05, 0.1) is 19.3 Å². The molecule has 5 nitrogen and oxygen atoms in total. The molecule has 1 aromatic rings. The maximum Gasteiger partial charge on any atom is 0.330 e. The third-order valence-corrected chi connectivity index (χ3v) is 2.82. The zero-order chi connectivity index (χ0) is 14.3. The summed E-state index contributed by atoms with van der Waals surface area (Å²) in [6.45, 7) is 4.63. The van der Waals surface area contributed by atoms with Gasteiger partial charge in [0, 0.05) is 6.61 Å². The van der Waals surface area contributed by atoms with Crippen molar-refractivity contribution >= 4 is 5.97 Å². The van der Waals surface area contributed by atoms with Crippen LogP contribution in [0.15, 0.2) is 30.3 Å². The summed E-state index contributed by atoms with van der Waals surface area (Å²) in [5.41, 5.74) is 4.95. The fraction of sp³-hybridized carbons (Fsp3) is 0.500. The number of hydrogen-bond acceptors (Lipinski definition) is 4. The Labute approximate surface area is 113 Å². The van der Waals surface area contributed by atoms with E-state index in [9.17, 15) is 9.90 Å². The normalized spacial score (nSPS) is 15.7. The molecule has 0 fully saturated rings. The first-order valence-electron chi connectivity index (χ1n) is 6.28. The summed E-state index contributed by atoms with van der Waals surface area (Å²) in [6, 6.07) is 8.69. The van der Waals surface area contributed by atoms with E-state index >= 15 is 0 Å². The van der Waals surface area contributed by atoms with Crippen LogP contribution in [0.1, 0.15) is 19.4 Å². The molecule has 0 aliphatic carbocycles. The minimum atomic E-state index is -1.54. The maximum absolute atomic E-state index is 11.4. The Morgan fingerprint density at radius 2 is 2.05 bits per heavy atom. The van der Waals surface area contributed by atoms with Crippen molar-refractivity contribution in [1.82, 2.24) is 0 Å². The van der Waals surface area contributed by atoms with Crippen LogP contribution in [0.2, 0.25) is 0 Å². The lowest BCUT2D eigenvalue weighted by Crippen LogP contribution is -2.49. The molecule has 0 aliphatic rings. The molecule has 1 aromatic carbocycles. The number of hydrogen-bond donors (Lipinski definition) is 2. The van der Waals surface area contributed by atoms with Crippen molar-refractivity contribution in [3.63, 3.8) is 0 Å². The Kier molecular flexibility index (Phi) is 5.95. The van der Waals surface area contributed by atoms with Crippen LogP contribution in [0.4, 0.5) is 0 Å². The Bertz CT molecular complexity index is 396. The van der Waals surface area contributed by atoms with Gasteiger partial charge in [-0.1, -0.05) is 30.3 Å². The molecule has 0 heterocycles. The number of ether oxygens (including phenoxy) is 2. The Morgan fingerprint density at radius 1 is 1.42 bits per heavy atom. The topological polar surface area (TPSA) is 81.8 Å². The number of carbonyl (C=O) groups is 1. The second-order valence-electron chi connectivity index (χ2n) is 4.42. The fourth-order valence-corrected chi connectivity index (χ4v) is 1.61. The van der Waals surface area contributed by atoms with Crippen molar-refractivity contribution in [3.8, 4) is 0 Å². The van der Waals surface area contributed by atoms with Gasteiger partial charge in [-0.05, 0) is 19.4 Å². The molecule has 2 unspecified atom stereocenters. The second kappa shape index (κ2) is 7.23. The molecule has 0 bridgehead atoms. The summed E-state index contributed by atoms with van der Waals surface area (Å²) in [7, 11) is 0. The van der Waals surface area contributed by atoms with E-state index in [1.165, 1.54) is 0 Å². The average Bonchev–Trinajstić information content (AvgIpc) is 2.43. The van der Waals surface area contributed by atoms with E-state index in [0.717, 1.165) is 0 Å². The highest BCUT2D eigenvalue weighted by atomic mass is 16.5. The van der Waals surface area contributed by atoms with Crippen molar-refractivity contribution in [3.05, 3.63) is 35.9 Å². The molecule has 3 N–H and O–H groups in total. The predicted molar refractivity (Wildman–Crippen MR) is 71.9 cm³/mol. The van der Waals surface area contributed by atoms with Crippen molar-refractivity contribution in [2.24, 2.45) is 5.73 Å². The average molecular weight is 267 g/mol. The van der Waals surface area contributed by atoms with Gasteiger partial charge in [0.15, 0.2) is 5.54 Å². The molecular formula is C14H21NO4. The van der Waals surface area contributed by atoms with Crippen molar-refractivity contribution in [2.45, 2.75) is 25.5 Å². The zero-order valence-electron chi connectivity index (χ0n) is 11.3. The van der Waals surface area contributed by atoms with Crippen LogP contribution in [0.5, 0.6) is 0 Å². The van der Waals surface area contributed by atoms with Gasteiger partial charge in [0.25, 0.3) is 0 Å². The van der Waals surface area contributed by atoms with Gasteiger partial charge >= 0.3 is 5.97 Å². The highest BCUT2D eigenvalue weighted by molar-refractivity contribution is 5.80. The molecular weight excluding hydrogens is 246 g/mol. The largest absolute Gasteiger partial charge is 0.480 e. The van der Waals surface area contributed by atoms with E-state index in [1.54, 1.807) is 24.3 Å². The molecule has 1 rings (SSSR count). The van der Waals surface area contributed by atoms with Gasteiger partial charge in [-0.2, -0.15) is 0 Å². The van der Waals surface area contributed by atoms with E-state index in [-0.39, 0.29) is 12.7 Å². The third kappa shape index (κ3) is 4.31. The van der Waals surface area contributed by atoms with Crippen molar-refractivity contribution < 1.29 is 19.4 Å². The number of carboxylic acids is 1. The van der Waals surface area contributed by atoms with Crippen LogP contribution in [0.25, 0.3) is 0 Å². The predicted octanol–water partition coefficient (Wildman–Crippen LogP) is 1.37. The Morgan fingerprint density at radius 3 is 2.58 bits per heavy atom. The summed E-state index contributed by atoms with van der Waals surface area (Å²) >= 11 is 0. The van der Waals surface area contributed by atoms with Gasteiger partial charge in [-0.15, -0.1) is 0 Å². The molecule has 2 atom stereocenters. The molecule has 0 aromatic heterocycles. The molecule has 106 valence electrons. The van der Waals surface area contributed by atoms with Gasteiger partial charge in [-0.3, -0.25) is 0 Å². The Balaban J connectivity index is 2.71. The molecule has 5 heteroatoms. The molecule has 0 radical (unpaired) electrons. The van der Waals surface area contributed by atoms with Crippen LogP contribution in [0.3, 0.4) is 0 Å². The quantitative estimate of drug-likeness (QED) is 0.743.